The van der Waals surface area contributed by atoms with Gasteiger partial charge in [0.05, 0.1) is 13.2 Å². The monoisotopic (exact) mass is 215 g/mol. The van der Waals surface area contributed by atoms with E-state index in [0.29, 0.717) is 5.75 Å². The lowest BCUT2D eigenvalue weighted by Gasteiger charge is -2.13. The third-order valence-electron chi connectivity index (χ3n) is 1.88. The van der Waals surface area contributed by atoms with Gasteiger partial charge in [-0.3, -0.25) is 0 Å². The molecule has 15 heavy (non-hydrogen) atoms. The molecule has 1 atom stereocenters. The van der Waals surface area contributed by atoms with Gasteiger partial charge in [0.2, 0.25) is 0 Å². The Balaban J connectivity index is 3.09. The maximum atomic E-state index is 12.4. The van der Waals surface area contributed by atoms with Crippen LogP contribution in [0.1, 0.15) is 11.5 Å². The number of nitriles is 1. The highest BCUT2D eigenvalue weighted by atomic mass is 19.4. The number of benzene rings is 1. The summed E-state index contributed by atoms with van der Waals surface area (Å²) in [5.41, 5.74) is -0.107. The molecule has 0 aliphatic rings. The van der Waals surface area contributed by atoms with Gasteiger partial charge in [-0.1, -0.05) is 12.1 Å². The van der Waals surface area contributed by atoms with Gasteiger partial charge in [-0.15, -0.1) is 0 Å². The van der Waals surface area contributed by atoms with Crippen molar-refractivity contribution in [1.82, 2.24) is 0 Å². The van der Waals surface area contributed by atoms with Crippen LogP contribution in [0.3, 0.4) is 0 Å². The van der Waals surface area contributed by atoms with E-state index in [2.05, 4.69) is 0 Å². The molecule has 0 N–H and O–H groups in total. The van der Waals surface area contributed by atoms with Crippen molar-refractivity contribution < 1.29 is 17.9 Å². The Labute approximate surface area is 84.9 Å². The number of methoxy groups -OCH3 is 1. The smallest absolute Gasteiger partial charge is 0.408 e. The van der Waals surface area contributed by atoms with Crippen molar-refractivity contribution >= 4 is 0 Å². The molecule has 1 rings (SSSR count). The maximum Gasteiger partial charge on any atom is 0.408 e. The molecule has 0 saturated heterocycles. The normalized spacial score (nSPS) is 13.0. The fraction of sp³-hybridized carbons (Fsp3) is 0.300. The van der Waals surface area contributed by atoms with Crippen LogP contribution in [0, 0.1) is 11.3 Å². The first-order chi connectivity index (χ1) is 6.99. The first kappa shape index (κ1) is 11.4. The van der Waals surface area contributed by atoms with Gasteiger partial charge >= 0.3 is 6.18 Å². The van der Waals surface area contributed by atoms with E-state index in [-0.39, 0.29) is 5.56 Å². The van der Waals surface area contributed by atoms with E-state index in [9.17, 15) is 13.2 Å². The Morgan fingerprint density at radius 2 is 2.07 bits per heavy atom. The maximum absolute atomic E-state index is 12.4. The van der Waals surface area contributed by atoms with Gasteiger partial charge in [0, 0.05) is 0 Å². The van der Waals surface area contributed by atoms with Crippen LogP contribution in [-0.4, -0.2) is 13.3 Å². The second-order valence-corrected chi connectivity index (χ2v) is 2.88. The Morgan fingerprint density at radius 1 is 1.40 bits per heavy atom. The first-order valence-electron chi connectivity index (χ1n) is 4.09. The number of nitrogens with zero attached hydrogens (tertiary/aromatic N) is 1. The van der Waals surface area contributed by atoms with Crippen LogP contribution >= 0.6 is 0 Å². The van der Waals surface area contributed by atoms with Crippen LogP contribution in [0.5, 0.6) is 5.75 Å². The summed E-state index contributed by atoms with van der Waals surface area (Å²) in [6, 6.07) is 6.64. The second kappa shape index (κ2) is 4.22. The minimum atomic E-state index is -4.55. The topological polar surface area (TPSA) is 33.0 Å². The van der Waals surface area contributed by atoms with Crippen molar-refractivity contribution in [2.24, 2.45) is 0 Å². The molecule has 0 heterocycles. The lowest BCUT2D eigenvalue weighted by atomic mass is 10.00. The lowest BCUT2D eigenvalue weighted by Crippen LogP contribution is -2.19. The van der Waals surface area contributed by atoms with Crippen LogP contribution in [0.25, 0.3) is 0 Å². The summed E-state index contributed by atoms with van der Waals surface area (Å²) in [6.45, 7) is 0. The Hall–Kier alpha value is -1.70. The van der Waals surface area contributed by atoms with Crippen LogP contribution in [0.4, 0.5) is 13.2 Å². The molecule has 0 aromatic heterocycles. The molecule has 80 valence electrons. The first-order valence-corrected chi connectivity index (χ1v) is 4.09. The highest BCUT2D eigenvalue weighted by molar-refractivity contribution is 5.34. The molecular weight excluding hydrogens is 207 g/mol. The molecule has 1 unspecified atom stereocenters. The Kier molecular flexibility index (Phi) is 3.20. The number of halogens is 3. The molecule has 0 saturated carbocycles. The summed E-state index contributed by atoms with van der Waals surface area (Å²) < 4.78 is 41.9. The van der Waals surface area contributed by atoms with Gasteiger partial charge in [-0.05, 0) is 17.7 Å². The number of rotatable bonds is 2. The summed E-state index contributed by atoms with van der Waals surface area (Å²) in [5.74, 6) is -1.80. The van der Waals surface area contributed by atoms with E-state index >= 15 is 0 Å². The predicted molar refractivity (Wildman–Crippen MR) is 47.4 cm³/mol. The summed E-state index contributed by atoms with van der Waals surface area (Å²) in [5, 5.41) is 8.47. The summed E-state index contributed by atoms with van der Waals surface area (Å²) in [4.78, 5) is 0. The minimum Gasteiger partial charge on any atom is -0.497 e. The van der Waals surface area contributed by atoms with Gasteiger partial charge in [0.15, 0.2) is 5.92 Å². The zero-order valence-electron chi connectivity index (χ0n) is 7.88. The number of alkyl halides is 3. The van der Waals surface area contributed by atoms with E-state index in [1.54, 1.807) is 0 Å². The van der Waals surface area contributed by atoms with E-state index in [0.717, 1.165) is 0 Å². The van der Waals surface area contributed by atoms with Crippen molar-refractivity contribution in [3.05, 3.63) is 29.8 Å². The van der Waals surface area contributed by atoms with E-state index in [1.165, 1.54) is 37.4 Å². The zero-order chi connectivity index (χ0) is 11.5. The molecule has 0 aliphatic carbocycles. The van der Waals surface area contributed by atoms with E-state index in [4.69, 9.17) is 10.00 Å². The zero-order valence-corrected chi connectivity index (χ0v) is 7.88. The average Bonchev–Trinajstić information content (AvgIpc) is 2.17. The molecule has 0 fully saturated rings. The molecule has 0 bridgehead atoms. The molecule has 0 spiro atoms. The highest BCUT2D eigenvalue weighted by Gasteiger charge is 2.41. The van der Waals surface area contributed by atoms with Crippen molar-refractivity contribution in [2.75, 3.05) is 7.11 Å². The molecule has 0 aliphatic heterocycles. The fourth-order valence-electron chi connectivity index (χ4n) is 1.16. The van der Waals surface area contributed by atoms with Gasteiger partial charge in [0.1, 0.15) is 5.75 Å². The molecular formula is C10H8F3NO. The molecule has 1 aromatic carbocycles. The standard InChI is InChI=1S/C10H8F3NO/c1-15-8-4-2-3-7(5-8)9(6-14)10(11,12)13/h2-5,9H,1H3. The summed E-state index contributed by atoms with van der Waals surface area (Å²) in [7, 11) is 1.36. The van der Waals surface area contributed by atoms with Crippen molar-refractivity contribution in [1.29, 1.82) is 5.26 Å². The average molecular weight is 215 g/mol. The summed E-state index contributed by atoms with van der Waals surface area (Å²) >= 11 is 0. The van der Waals surface area contributed by atoms with Crippen LogP contribution in [0.2, 0.25) is 0 Å². The van der Waals surface area contributed by atoms with Crippen LogP contribution < -0.4 is 4.74 Å². The van der Waals surface area contributed by atoms with Crippen LogP contribution in [0.15, 0.2) is 24.3 Å². The van der Waals surface area contributed by atoms with Crippen molar-refractivity contribution in [3.63, 3.8) is 0 Å². The predicted octanol–water partition coefficient (Wildman–Crippen LogP) is 2.86. The van der Waals surface area contributed by atoms with E-state index < -0.39 is 12.1 Å². The van der Waals surface area contributed by atoms with Crippen molar-refractivity contribution in [3.8, 4) is 11.8 Å². The quantitative estimate of drug-likeness (QED) is 0.759. The Bertz CT molecular complexity index is 381. The fourth-order valence-corrected chi connectivity index (χ4v) is 1.16. The van der Waals surface area contributed by atoms with Gasteiger partial charge in [0.25, 0.3) is 0 Å². The highest BCUT2D eigenvalue weighted by Crippen LogP contribution is 2.35. The third kappa shape index (κ3) is 2.62. The largest absolute Gasteiger partial charge is 0.497 e. The number of ether oxygens (including phenoxy) is 1. The molecule has 2 nitrogen and oxygen atoms in total. The molecule has 0 radical (unpaired) electrons. The SMILES string of the molecule is COc1cccc(C(C#N)C(F)(F)F)c1. The van der Waals surface area contributed by atoms with Crippen LogP contribution in [-0.2, 0) is 0 Å². The number of hydrogen-bond acceptors (Lipinski definition) is 2. The van der Waals surface area contributed by atoms with Gasteiger partial charge in [-0.25, -0.2) is 0 Å². The lowest BCUT2D eigenvalue weighted by molar-refractivity contribution is -0.137. The molecule has 0 amide bonds. The van der Waals surface area contributed by atoms with E-state index in [1.807, 2.05) is 0 Å². The minimum absolute atomic E-state index is 0.107. The summed E-state index contributed by atoms with van der Waals surface area (Å²) in [6.07, 6.45) is -4.55. The second-order valence-electron chi connectivity index (χ2n) is 2.88. The Morgan fingerprint density at radius 3 is 2.53 bits per heavy atom. The molecule has 5 heteroatoms. The third-order valence-corrected chi connectivity index (χ3v) is 1.88. The molecule has 1 aromatic rings. The van der Waals surface area contributed by atoms with Gasteiger partial charge < -0.3 is 4.74 Å². The number of hydrogen-bond donors (Lipinski definition) is 0. The van der Waals surface area contributed by atoms with Gasteiger partial charge in [-0.2, -0.15) is 18.4 Å². The van der Waals surface area contributed by atoms with Crippen molar-refractivity contribution in [2.45, 2.75) is 12.1 Å².